The van der Waals surface area contributed by atoms with E-state index in [0.29, 0.717) is 6.41 Å². The Labute approximate surface area is 122 Å². The maximum Gasteiger partial charge on any atom is 0.234 e. The number of halogens is 2. The van der Waals surface area contributed by atoms with Gasteiger partial charge in [-0.25, -0.2) is 4.39 Å². The summed E-state index contributed by atoms with van der Waals surface area (Å²) in [6.45, 7) is -0.120. The highest BCUT2D eigenvalue weighted by Gasteiger charge is 2.47. The molecular weight excluding hydrogens is 289 g/mol. The number of carbonyl (C=O) groups is 1. The Morgan fingerprint density at radius 1 is 1.75 bits per heavy atom. The summed E-state index contributed by atoms with van der Waals surface area (Å²) in [7, 11) is 1.62. The summed E-state index contributed by atoms with van der Waals surface area (Å²) in [4.78, 5) is 14.9. The van der Waals surface area contributed by atoms with Gasteiger partial charge in [-0.15, -0.1) is 11.6 Å². The summed E-state index contributed by atoms with van der Waals surface area (Å²) >= 11 is 5.83. The number of hydrogen-bond donors (Lipinski definition) is 2. The van der Waals surface area contributed by atoms with Crippen molar-refractivity contribution < 1.29 is 19.0 Å². The summed E-state index contributed by atoms with van der Waals surface area (Å²) in [6, 6.07) is 0. The van der Waals surface area contributed by atoms with Gasteiger partial charge in [-0.1, -0.05) is 0 Å². The quantitative estimate of drug-likeness (QED) is 0.307. The SMILES string of the molecule is CN(/C=C\C(N)=N/C=O)C1O[C@](CCl)(CCO)C[C@@H]1F. The summed E-state index contributed by atoms with van der Waals surface area (Å²) in [5.41, 5.74) is 4.55. The van der Waals surface area contributed by atoms with Crippen LogP contribution in [0.25, 0.3) is 0 Å². The van der Waals surface area contributed by atoms with Gasteiger partial charge < -0.3 is 20.5 Å². The molecule has 1 aliphatic rings. The highest BCUT2D eigenvalue weighted by molar-refractivity contribution is 6.18. The van der Waals surface area contributed by atoms with E-state index in [2.05, 4.69) is 4.99 Å². The van der Waals surface area contributed by atoms with Crippen LogP contribution >= 0.6 is 11.6 Å². The van der Waals surface area contributed by atoms with Crippen molar-refractivity contribution in [2.75, 3.05) is 19.5 Å². The number of nitrogens with zero attached hydrogens (tertiary/aromatic N) is 2. The molecule has 0 aromatic heterocycles. The van der Waals surface area contributed by atoms with Gasteiger partial charge in [0.1, 0.15) is 12.0 Å². The number of aliphatic hydroxyl groups excluding tert-OH is 1. The van der Waals surface area contributed by atoms with Crippen LogP contribution in [0.4, 0.5) is 4.39 Å². The van der Waals surface area contributed by atoms with Crippen LogP contribution in [0.1, 0.15) is 12.8 Å². The number of nitrogens with two attached hydrogens (primary N) is 1. The molecule has 1 unspecified atom stereocenters. The van der Waals surface area contributed by atoms with Crippen LogP contribution in [0, 0.1) is 0 Å². The standard InChI is InChI=1S/C12H19ClFN3O3/c1-17(4-2-10(15)16-8-19)11-9(14)6-12(7-13,20-11)3-5-18/h2,4,8-9,11,18H,3,5-7H2,1H3,(H2,15,16,19)/b4-2-/t9-,11?,12+/m0/s1. The monoisotopic (exact) mass is 307 g/mol. The number of aliphatic imine (C=N–C) groups is 1. The van der Waals surface area contributed by atoms with Gasteiger partial charge in [0, 0.05) is 32.7 Å². The van der Waals surface area contributed by atoms with E-state index >= 15 is 0 Å². The molecule has 1 amide bonds. The second-order valence-corrected chi connectivity index (χ2v) is 4.93. The third-order valence-electron chi connectivity index (χ3n) is 3.14. The van der Waals surface area contributed by atoms with Crippen LogP contribution in [0.2, 0.25) is 0 Å². The molecule has 20 heavy (non-hydrogen) atoms. The van der Waals surface area contributed by atoms with E-state index in [1.807, 2.05) is 0 Å². The van der Waals surface area contributed by atoms with Gasteiger partial charge in [0.15, 0.2) is 6.23 Å². The minimum absolute atomic E-state index is 0.0132. The van der Waals surface area contributed by atoms with E-state index in [1.54, 1.807) is 7.05 Å². The van der Waals surface area contributed by atoms with E-state index < -0.39 is 18.0 Å². The Kier molecular flexibility index (Phi) is 6.38. The van der Waals surface area contributed by atoms with Crippen molar-refractivity contribution in [1.82, 2.24) is 4.90 Å². The number of amidine groups is 1. The minimum atomic E-state index is -1.24. The number of rotatable bonds is 7. The first-order valence-electron chi connectivity index (χ1n) is 6.14. The molecule has 0 aromatic rings. The second-order valence-electron chi connectivity index (χ2n) is 4.66. The lowest BCUT2D eigenvalue weighted by Crippen LogP contribution is -2.37. The molecule has 0 aromatic carbocycles. The Bertz CT molecular complexity index is 394. The molecule has 0 radical (unpaired) electrons. The predicted molar refractivity (Wildman–Crippen MR) is 74.1 cm³/mol. The molecule has 0 saturated carbocycles. The van der Waals surface area contributed by atoms with Crippen molar-refractivity contribution in [3.05, 3.63) is 12.3 Å². The van der Waals surface area contributed by atoms with E-state index in [4.69, 9.17) is 27.2 Å². The maximum atomic E-state index is 14.1. The summed E-state index contributed by atoms with van der Waals surface area (Å²) < 4.78 is 19.7. The normalized spacial score (nSPS) is 30.9. The molecule has 6 nitrogen and oxygen atoms in total. The average molecular weight is 308 g/mol. The summed E-state index contributed by atoms with van der Waals surface area (Å²) in [5, 5.41) is 9.02. The van der Waals surface area contributed by atoms with Gasteiger partial charge in [0.2, 0.25) is 6.41 Å². The first kappa shape index (κ1) is 16.9. The van der Waals surface area contributed by atoms with Crippen molar-refractivity contribution in [1.29, 1.82) is 0 Å². The number of ether oxygens (including phenoxy) is 1. The Hall–Kier alpha value is -1.18. The van der Waals surface area contributed by atoms with Gasteiger partial charge >= 0.3 is 0 Å². The van der Waals surface area contributed by atoms with Gasteiger partial charge in [-0.2, -0.15) is 4.99 Å². The molecule has 0 aliphatic carbocycles. The predicted octanol–water partition coefficient (Wildman–Crippen LogP) is 0.390. The fraction of sp³-hybridized carbons (Fsp3) is 0.667. The van der Waals surface area contributed by atoms with E-state index in [9.17, 15) is 9.18 Å². The smallest absolute Gasteiger partial charge is 0.234 e. The third-order valence-corrected chi connectivity index (χ3v) is 3.63. The molecule has 114 valence electrons. The van der Waals surface area contributed by atoms with Crippen molar-refractivity contribution >= 4 is 23.8 Å². The van der Waals surface area contributed by atoms with Crippen LogP contribution in [0.5, 0.6) is 0 Å². The molecule has 0 spiro atoms. The zero-order valence-corrected chi connectivity index (χ0v) is 12.0. The molecule has 1 rings (SSSR count). The van der Waals surface area contributed by atoms with Gasteiger partial charge in [0.25, 0.3) is 0 Å². The molecule has 1 saturated heterocycles. The number of hydrogen-bond acceptors (Lipinski definition) is 4. The number of carbonyl (C=O) groups excluding carboxylic acids is 1. The first-order valence-corrected chi connectivity index (χ1v) is 6.67. The lowest BCUT2D eigenvalue weighted by Gasteiger charge is -2.29. The highest BCUT2D eigenvalue weighted by Crippen LogP contribution is 2.37. The molecule has 1 aliphatic heterocycles. The van der Waals surface area contributed by atoms with Crippen LogP contribution in [-0.4, -0.2) is 59.8 Å². The Morgan fingerprint density at radius 3 is 3.00 bits per heavy atom. The zero-order chi connectivity index (χ0) is 15.2. The second kappa shape index (κ2) is 7.56. The molecule has 8 heteroatoms. The summed E-state index contributed by atoms with van der Waals surface area (Å²) in [6.07, 6.45) is 1.51. The van der Waals surface area contributed by atoms with Gasteiger partial charge in [0.05, 0.1) is 11.5 Å². The topological polar surface area (TPSA) is 88.2 Å². The van der Waals surface area contributed by atoms with E-state index in [-0.39, 0.29) is 31.2 Å². The van der Waals surface area contributed by atoms with Crippen LogP contribution in [0.3, 0.4) is 0 Å². The molecular formula is C12H19ClFN3O3. The lowest BCUT2D eigenvalue weighted by molar-refractivity contribution is -0.106. The van der Waals surface area contributed by atoms with Crippen molar-refractivity contribution in [3.63, 3.8) is 0 Å². The lowest BCUT2D eigenvalue weighted by atomic mass is 9.98. The summed E-state index contributed by atoms with van der Waals surface area (Å²) in [5.74, 6) is 0.121. The fourth-order valence-electron chi connectivity index (χ4n) is 2.07. The van der Waals surface area contributed by atoms with Crippen LogP contribution in [-0.2, 0) is 9.53 Å². The highest BCUT2D eigenvalue weighted by atomic mass is 35.5. The van der Waals surface area contributed by atoms with Crippen molar-refractivity contribution in [3.8, 4) is 0 Å². The molecule has 1 heterocycles. The molecule has 0 bridgehead atoms. The zero-order valence-electron chi connectivity index (χ0n) is 11.2. The number of alkyl halides is 2. The molecule has 3 atom stereocenters. The van der Waals surface area contributed by atoms with Crippen LogP contribution in [0.15, 0.2) is 17.3 Å². The number of aliphatic hydroxyl groups is 1. The largest absolute Gasteiger partial charge is 0.396 e. The van der Waals surface area contributed by atoms with Crippen molar-refractivity contribution in [2.45, 2.75) is 30.8 Å². The van der Waals surface area contributed by atoms with E-state index in [1.165, 1.54) is 17.2 Å². The average Bonchev–Trinajstić information content (AvgIpc) is 2.74. The maximum absolute atomic E-state index is 14.1. The van der Waals surface area contributed by atoms with E-state index in [0.717, 1.165) is 0 Å². The molecule has 3 N–H and O–H groups in total. The first-order chi connectivity index (χ1) is 9.48. The van der Waals surface area contributed by atoms with Crippen molar-refractivity contribution in [2.24, 2.45) is 10.7 Å². The van der Waals surface area contributed by atoms with Crippen LogP contribution < -0.4 is 5.73 Å². The Balaban J connectivity index is 2.72. The Morgan fingerprint density at radius 2 is 2.45 bits per heavy atom. The third kappa shape index (κ3) is 4.16. The van der Waals surface area contributed by atoms with Gasteiger partial charge in [-0.3, -0.25) is 4.79 Å². The van der Waals surface area contributed by atoms with Gasteiger partial charge in [-0.05, 0) is 6.08 Å². The minimum Gasteiger partial charge on any atom is -0.396 e. The number of amides is 1. The molecule has 1 fully saturated rings. The fourth-order valence-corrected chi connectivity index (χ4v) is 2.38.